The predicted molar refractivity (Wildman–Crippen MR) is 126 cm³/mol. The van der Waals surface area contributed by atoms with Gasteiger partial charge in [-0.2, -0.15) is 0 Å². The average molecular weight is 451 g/mol. The summed E-state index contributed by atoms with van der Waals surface area (Å²) in [4.78, 5) is 54.5. The monoisotopic (exact) mass is 450 g/mol. The van der Waals surface area contributed by atoms with Gasteiger partial charge in [0.2, 0.25) is 11.8 Å². The number of pyridine rings is 1. The van der Waals surface area contributed by atoms with Crippen molar-refractivity contribution in [3.05, 3.63) is 58.0 Å². The summed E-state index contributed by atoms with van der Waals surface area (Å²) in [6.45, 7) is 5.76. The minimum Gasteiger partial charge on any atom is -0.339 e. The number of nitrogens with one attached hydrogen (secondary N) is 1. The summed E-state index contributed by atoms with van der Waals surface area (Å²) < 4.78 is 1.31. The average Bonchev–Trinajstić information content (AvgIpc) is 3.19. The number of nitrogens with zero attached hydrogens (tertiary/aromatic N) is 3. The molecule has 174 valence electrons. The highest BCUT2D eigenvalue weighted by atomic mass is 16.2. The third-order valence-electron chi connectivity index (χ3n) is 6.60. The molecule has 1 aromatic carbocycles. The molecule has 2 aromatic rings. The van der Waals surface area contributed by atoms with Gasteiger partial charge in [0, 0.05) is 45.0 Å². The van der Waals surface area contributed by atoms with Gasteiger partial charge in [-0.15, -0.1) is 0 Å². The van der Waals surface area contributed by atoms with E-state index in [9.17, 15) is 19.2 Å². The molecule has 0 aliphatic carbocycles. The topological polar surface area (TPSA) is 91.7 Å². The first-order valence-corrected chi connectivity index (χ1v) is 11.4. The van der Waals surface area contributed by atoms with Crippen LogP contribution in [0.15, 0.2) is 41.3 Å². The molecule has 8 nitrogen and oxygen atoms in total. The number of rotatable bonds is 4. The Hall–Kier alpha value is -3.42. The van der Waals surface area contributed by atoms with Gasteiger partial charge in [-0.1, -0.05) is 24.6 Å². The highest BCUT2D eigenvalue weighted by Gasteiger charge is 2.35. The second kappa shape index (κ2) is 9.21. The van der Waals surface area contributed by atoms with Crippen molar-refractivity contribution in [1.82, 2.24) is 9.47 Å². The second-order valence-corrected chi connectivity index (χ2v) is 9.26. The molecule has 1 aromatic heterocycles. The van der Waals surface area contributed by atoms with Gasteiger partial charge in [0.05, 0.1) is 11.5 Å². The molecule has 1 unspecified atom stereocenters. The molecule has 0 spiro atoms. The van der Waals surface area contributed by atoms with Gasteiger partial charge in [-0.3, -0.25) is 19.2 Å². The Morgan fingerprint density at radius 2 is 1.73 bits per heavy atom. The summed E-state index contributed by atoms with van der Waals surface area (Å²) in [7, 11) is 1.56. The molecule has 2 aliphatic heterocycles. The Morgan fingerprint density at radius 3 is 2.39 bits per heavy atom. The fraction of sp³-hybridized carbons (Fsp3) is 0.440. The molecule has 33 heavy (non-hydrogen) atoms. The maximum atomic E-state index is 13.0. The van der Waals surface area contributed by atoms with Crippen LogP contribution >= 0.6 is 0 Å². The highest BCUT2D eigenvalue weighted by Crippen LogP contribution is 2.26. The van der Waals surface area contributed by atoms with Crippen molar-refractivity contribution in [2.45, 2.75) is 33.1 Å². The number of carbonyl (C=O) groups is 3. The van der Waals surface area contributed by atoms with E-state index in [1.807, 2.05) is 31.2 Å². The van der Waals surface area contributed by atoms with Crippen LogP contribution in [0.4, 0.5) is 11.4 Å². The lowest BCUT2D eigenvalue weighted by Gasteiger charge is -2.30. The molecule has 2 fully saturated rings. The van der Waals surface area contributed by atoms with E-state index >= 15 is 0 Å². The third kappa shape index (κ3) is 4.84. The Balaban J connectivity index is 1.48. The molecule has 2 aliphatic rings. The van der Waals surface area contributed by atoms with Crippen molar-refractivity contribution >= 4 is 29.1 Å². The number of likely N-dealkylation sites (tertiary alicyclic amines) is 1. The van der Waals surface area contributed by atoms with Crippen molar-refractivity contribution in [2.75, 3.05) is 29.9 Å². The zero-order chi connectivity index (χ0) is 23.7. The maximum Gasteiger partial charge on any atom is 0.274 e. The van der Waals surface area contributed by atoms with Gasteiger partial charge in [0.15, 0.2) is 0 Å². The van der Waals surface area contributed by atoms with Crippen LogP contribution in [-0.2, 0) is 16.6 Å². The SMILES string of the molecule is Cc1ccc(N2CC(C(=O)Nc3cc(C(=O)N4CCC(C)CC4)cn(C)c3=O)CC2=O)cc1. The van der Waals surface area contributed by atoms with Crippen LogP contribution in [0, 0.1) is 18.8 Å². The van der Waals surface area contributed by atoms with E-state index in [-0.39, 0.29) is 30.5 Å². The third-order valence-corrected chi connectivity index (χ3v) is 6.60. The molecule has 8 heteroatoms. The number of anilines is 2. The van der Waals surface area contributed by atoms with E-state index in [1.54, 1.807) is 16.8 Å². The van der Waals surface area contributed by atoms with E-state index in [0.717, 1.165) is 24.1 Å². The van der Waals surface area contributed by atoms with E-state index in [0.29, 0.717) is 24.6 Å². The molecule has 1 N–H and O–H groups in total. The van der Waals surface area contributed by atoms with Gasteiger partial charge >= 0.3 is 0 Å². The first kappa shape index (κ1) is 22.8. The number of amides is 3. The summed E-state index contributed by atoms with van der Waals surface area (Å²) in [5.41, 5.74) is 1.86. The second-order valence-electron chi connectivity index (χ2n) is 9.26. The Kier molecular flexibility index (Phi) is 6.35. The summed E-state index contributed by atoms with van der Waals surface area (Å²) in [6.07, 6.45) is 3.49. The molecule has 0 radical (unpaired) electrons. The van der Waals surface area contributed by atoms with E-state index < -0.39 is 17.4 Å². The number of aromatic nitrogens is 1. The highest BCUT2D eigenvalue weighted by molar-refractivity contribution is 6.04. The number of hydrogen-bond acceptors (Lipinski definition) is 4. The lowest BCUT2D eigenvalue weighted by molar-refractivity contribution is -0.122. The van der Waals surface area contributed by atoms with Crippen molar-refractivity contribution in [3.63, 3.8) is 0 Å². The molecule has 4 rings (SSSR count). The molecular formula is C25H30N4O4. The number of benzene rings is 1. The van der Waals surface area contributed by atoms with Crippen molar-refractivity contribution in [3.8, 4) is 0 Å². The molecule has 3 amide bonds. The zero-order valence-corrected chi connectivity index (χ0v) is 19.3. The van der Waals surface area contributed by atoms with Crippen molar-refractivity contribution < 1.29 is 14.4 Å². The minimum atomic E-state index is -0.577. The smallest absolute Gasteiger partial charge is 0.274 e. The first-order valence-electron chi connectivity index (χ1n) is 11.4. The molecular weight excluding hydrogens is 420 g/mol. The fourth-order valence-corrected chi connectivity index (χ4v) is 4.40. The van der Waals surface area contributed by atoms with Gasteiger partial charge in [-0.25, -0.2) is 0 Å². The van der Waals surface area contributed by atoms with Gasteiger partial charge < -0.3 is 19.7 Å². The zero-order valence-electron chi connectivity index (χ0n) is 19.3. The maximum absolute atomic E-state index is 13.0. The quantitative estimate of drug-likeness (QED) is 0.775. The number of aryl methyl sites for hydroxylation is 2. The molecule has 1 atom stereocenters. The summed E-state index contributed by atoms with van der Waals surface area (Å²) in [6, 6.07) is 9.02. The van der Waals surface area contributed by atoms with Gasteiger partial charge in [-0.05, 0) is 43.9 Å². The van der Waals surface area contributed by atoms with Crippen LogP contribution in [0.1, 0.15) is 42.1 Å². The lowest BCUT2D eigenvalue weighted by atomic mass is 9.99. The summed E-state index contributed by atoms with van der Waals surface area (Å²) in [5.74, 6) is -0.653. The largest absolute Gasteiger partial charge is 0.339 e. The number of carbonyl (C=O) groups excluding carboxylic acids is 3. The Morgan fingerprint density at radius 1 is 1.06 bits per heavy atom. The van der Waals surface area contributed by atoms with Crippen LogP contribution in [-0.4, -0.2) is 46.8 Å². The Labute approximate surface area is 193 Å². The van der Waals surface area contributed by atoms with Crippen LogP contribution < -0.4 is 15.8 Å². The Bertz CT molecular complexity index is 1130. The fourth-order valence-electron chi connectivity index (χ4n) is 4.40. The summed E-state index contributed by atoms with van der Waals surface area (Å²) >= 11 is 0. The standard InChI is InChI=1S/C25H30N4O4/c1-16-4-6-20(7-5-16)29-15-18(13-22(29)30)23(31)26-21-12-19(14-27(3)25(21)33)24(32)28-10-8-17(2)9-11-28/h4-7,12,14,17-18H,8-11,13,15H2,1-3H3,(H,26,31). The number of hydrogen-bond donors (Lipinski definition) is 1. The normalized spacial score (nSPS) is 19.1. The van der Waals surface area contributed by atoms with Crippen molar-refractivity contribution in [1.29, 1.82) is 0 Å². The summed E-state index contributed by atoms with van der Waals surface area (Å²) in [5, 5.41) is 2.68. The van der Waals surface area contributed by atoms with Gasteiger partial charge in [0.25, 0.3) is 11.5 Å². The van der Waals surface area contributed by atoms with Gasteiger partial charge in [0.1, 0.15) is 5.69 Å². The van der Waals surface area contributed by atoms with Crippen LogP contribution in [0.5, 0.6) is 0 Å². The molecule has 2 saturated heterocycles. The van der Waals surface area contributed by atoms with Crippen LogP contribution in [0.2, 0.25) is 0 Å². The molecule has 0 saturated carbocycles. The van der Waals surface area contributed by atoms with E-state index in [2.05, 4.69) is 12.2 Å². The van der Waals surface area contributed by atoms with Crippen LogP contribution in [0.25, 0.3) is 0 Å². The van der Waals surface area contributed by atoms with Crippen LogP contribution in [0.3, 0.4) is 0 Å². The van der Waals surface area contributed by atoms with E-state index in [4.69, 9.17) is 0 Å². The first-order chi connectivity index (χ1) is 15.7. The lowest BCUT2D eigenvalue weighted by Crippen LogP contribution is -2.38. The minimum absolute atomic E-state index is 0.0555. The number of piperidine rings is 1. The molecule has 0 bridgehead atoms. The predicted octanol–water partition coefficient (Wildman–Crippen LogP) is 2.56. The van der Waals surface area contributed by atoms with E-state index in [1.165, 1.54) is 16.8 Å². The van der Waals surface area contributed by atoms with Crippen molar-refractivity contribution in [2.24, 2.45) is 18.9 Å². The molecule has 3 heterocycles.